The van der Waals surface area contributed by atoms with E-state index in [1.807, 2.05) is 43.3 Å². The molecule has 0 saturated heterocycles. The van der Waals surface area contributed by atoms with Gasteiger partial charge in [-0.1, -0.05) is 58.4 Å². The summed E-state index contributed by atoms with van der Waals surface area (Å²) in [4.78, 5) is 0. The average molecular weight is 345 g/mol. The zero-order valence-electron chi connectivity index (χ0n) is 11.5. The number of fused-ring (bicyclic) bond motifs is 1. The molecule has 1 N–H and O–H groups in total. The van der Waals surface area contributed by atoms with Crippen molar-refractivity contribution in [2.24, 2.45) is 0 Å². The molecule has 1 unspecified atom stereocenters. The standard InChI is InChI=1S/C18H14BrFO/c1-11-6-8-15(14-5-3-2-4-13(11)14)18(21)16-9-7-12(19)10-17(16)20/h2-10,18,21H,1H3. The van der Waals surface area contributed by atoms with E-state index in [9.17, 15) is 9.50 Å². The topological polar surface area (TPSA) is 20.2 Å². The first-order chi connectivity index (χ1) is 10.1. The number of rotatable bonds is 2. The lowest BCUT2D eigenvalue weighted by atomic mass is 9.93. The number of aliphatic hydroxyl groups is 1. The molecule has 3 aromatic carbocycles. The predicted octanol–water partition coefficient (Wildman–Crippen LogP) is 5.13. The maximum absolute atomic E-state index is 14.1. The van der Waals surface area contributed by atoms with Gasteiger partial charge in [-0.05, 0) is 41.0 Å². The molecule has 0 aliphatic rings. The second-order valence-electron chi connectivity index (χ2n) is 5.09. The van der Waals surface area contributed by atoms with E-state index < -0.39 is 11.9 Å². The summed E-state index contributed by atoms with van der Waals surface area (Å²) < 4.78 is 14.7. The highest BCUT2D eigenvalue weighted by molar-refractivity contribution is 9.10. The molecule has 3 rings (SSSR count). The van der Waals surface area contributed by atoms with Crippen LogP contribution in [-0.4, -0.2) is 5.11 Å². The molecular weight excluding hydrogens is 331 g/mol. The van der Waals surface area contributed by atoms with E-state index in [0.29, 0.717) is 4.47 Å². The van der Waals surface area contributed by atoms with Crippen molar-refractivity contribution in [1.82, 2.24) is 0 Å². The van der Waals surface area contributed by atoms with Gasteiger partial charge in [0.1, 0.15) is 11.9 Å². The molecular formula is C18H14BrFO. The summed E-state index contributed by atoms with van der Waals surface area (Å²) in [7, 11) is 0. The molecule has 1 atom stereocenters. The van der Waals surface area contributed by atoms with Crippen LogP contribution < -0.4 is 0 Å². The van der Waals surface area contributed by atoms with Gasteiger partial charge < -0.3 is 5.11 Å². The summed E-state index contributed by atoms with van der Waals surface area (Å²) in [6.07, 6.45) is -0.983. The smallest absolute Gasteiger partial charge is 0.130 e. The molecule has 0 fully saturated rings. The van der Waals surface area contributed by atoms with E-state index in [0.717, 1.165) is 21.9 Å². The van der Waals surface area contributed by atoms with Crippen molar-refractivity contribution in [1.29, 1.82) is 0 Å². The van der Waals surface area contributed by atoms with E-state index in [1.165, 1.54) is 6.07 Å². The van der Waals surface area contributed by atoms with Crippen molar-refractivity contribution in [2.45, 2.75) is 13.0 Å². The van der Waals surface area contributed by atoms with Crippen molar-refractivity contribution in [2.75, 3.05) is 0 Å². The van der Waals surface area contributed by atoms with Crippen LogP contribution in [0.4, 0.5) is 4.39 Å². The minimum absolute atomic E-state index is 0.284. The van der Waals surface area contributed by atoms with Crippen LogP contribution >= 0.6 is 15.9 Å². The Labute approximate surface area is 131 Å². The van der Waals surface area contributed by atoms with Crippen molar-refractivity contribution in [3.8, 4) is 0 Å². The van der Waals surface area contributed by atoms with Crippen molar-refractivity contribution in [3.05, 3.63) is 81.6 Å². The Hall–Kier alpha value is -1.71. The lowest BCUT2D eigenvalue weighted by Gasteiger charge is -2.16. The van der Waals surface area contributed by atoms with Crippen LogP contribution in [0, 0.1) is 12.7 Å². The van der Waals surface area contributed by atoms with E-state index in [2.05, 4.69) is 15.9 Å². The molecule has 0 spiro atoms. The van der Waals surface area contributed by atoms with Crippen molar-refractivity contribution in [3.63, 3.8) is 0 Å². The molecule has 1 nitrogen and oxygen atoms in total. The second-order valence-corrected chi connectivity index (χ2v) is 6.00. The largest absolute Gasteiger partial charge is 0.384 e. The molecule has 0 aliphatic carbocycles. The Morgan fingerprint density at radius 2 is 1.62 bits per heavy atom. The number of halogens is 2. The molecule has 106 valence electrons. The Balaban J connectivity index is 2.18. The lowest BCUT2D eigenvalue weighted by Crippen LogP contribution is -2.03. The summed E-state index contributed by atoms with van der Waals surface area (Å²) in [5.41, 5.74) is 2.14. The van der Waals surface area contributed by atoms with Crippen LogP contribution in [0.5, 0.6) is 0 Å². The van der Waals surface area contributed by atoms with Crippen LogP contribution in [0.15, 0.2) is 59.1 Å². The van der Waals surface area contributed by atoms with E-state index in [4.69, 9.17) is 0 Å². The Morgan fingerprint density at radius 3 is 2.33 bits per heavy atom. The summed E-state index contributed by atoms with van der Waals surface area (Å²) in [6, 6.07) is 16.4. The molecule has 3 heteroatoms. The third-order valence-electron chi connectivity index (χ3n) is 3.73. The van der Waals surface area contributed by atoms with Crippen LogP contribution in [0.25, 0.3) is 10.8 Å². The summed E-state index contributed by atoms with van der Waals surface area (Å²) in [5, 5.41) is 12.6. The second kappa shape index (κ2) is 5.58. The van der Waals surface area contributed by atoms with Gasteiger partial charge >= 0.3 is 0 Å². The first-order valence-electron chi connectivity index (χ1n) is 6.69. The number of benzene rings is 3. The third kappa shape index (κ3) is 2.59. The first kappa shape index (κ1) is 14.2. The van der Waals surface area contributed by atoms with Gasteiger partial charge in [0.15, 0.2) is 0 Å². The number of aryl methyl sites for hydroxylation is 1. The minimum Gasteiger partial charge on any atom is -0.384 e. The van der Waals surface area contributed by atoms with Gasteiger partial charge in [-0.3, -0.25) is 0 Å². The summed E-state index contributed by atoms with van der Waals surface area (Å²) in [5.74, 6) is -0.415. The van der Waals surface area contributed by atoms with Crippen LogP contribution in [0.1, 0.15) is 22.8 Å². The third-order valence-corrected chi connectivity index (χ3v) is 4.22. The highest BCUT2D eigenvalue weighted by atomic mass is 79.9. The fourth-order valence-electron chi connectivity index (χ4n) is 2.60. The predicted molar refractivity (Wildman–Crippen MR) is 86.8 cm³/mol. The van der Waals surface area contributed by atoms with Crippen LogP contribution in [-0.2, 0) is 0 Å². The van der Waals surface area contributed by atoms with E-state index in [1.54, 1.807) is 12.1 Å². The van der Waals surface area contributed by atoms with Crippen molar-refractivity contribution < 1.29 is 9.50 Å². The molecule has 0 saturated carbocycles. The van der Waals surface area contributed by atoms with Gasteiger partial charge in [0, 0.05) is 10.0 Å². The molecule has 0 aromatic heterocycles. The molecule has 0 amide bonds. The van der Waals surface area contributed by atoms with Crippen LogP contribution in [0.3, 0.4) is 0 Å². The molecule has 0 aliphatic heterocycles. The van der Waals surface area contributed by atoms with Gasteiger partial charge in [-0.25, -0.2) is 4.39 Å². The van der Waals surface area contributed by atoms with Gasteiger partial charge in [0.05, 0.1) is 0 Å². The van der Waals surface area contributed by atoms with Gasteiger partial charge in [-0.2, -0.15) is 0 Å². The monoisotopic (exact) mass is 344 g/mol. The van der Waals surface area contributed by atoms with Gasteiger partial charge in [-0.15, -0.1) is 0 Å². The number of aliphatic hydroxyl groups excluding tert-OH is 1. The molecule has 0 bridgehead atoms. The normalized spacial score (nSPS) is 12.6. The average Bonchev–Trinajstić information content (AvgIpc) is 2.47. The van der Waals surface area contributed by atoms with Gasteiger partial charge in [0.2, 0.25) is 0 Å². The maximum atomic E-state index is 14.1. The molecule has 3 aromatic rings. The first-order valence-corrected chi connectivity index (χ1v) is 7.48. The minimum atomic E-state index is -0.983. The Morgan fingerprint density at radius 1 is 0.952 bits per heavy atom. The van der Waals surface area contributed by atoms with Crippen molar-refractivity contribution >= 4 is 26.7 Å². The molecule has 0 heterocycles. The zero-order valence-corrected chi connectivity index (χ0v) is 13.1. The highest BCUT2D eigenvalue weighted by Gasteiger charge is 2.17. The summed E-state index contributed by atoms with van der Waals surface area (Å²) in [6.45, 7) is 2.03. The Bertz CT molecular complexity index is 813. The molecule has 21 heavy (non-hydrogen) atoms. The Kier molecular flexibility index (Phi) is 3.79. The quantitative estimate of drug-likeness (QED) is 0.683. The lowest BCUT2D eigenvalue weighted by molar-refractivity contribution is 0.216. The highest BCUT2D eigenvalue weighted by Crippen LogP contribution is 2.32. The summed E-state index contributed by atoms with van der Waals surface area (Å²) >= 11 is 3.23. The number of hydrogen-bond acceptors (Lipinski definition) is 1. The fourth-order valence-corrected chi connectivity index (χ4v) is 2.94. The zero-order chi connectivity index (χ0) is 15.0. The van der Waals surface area contributed by atoms with E-state index in [-0.39, 0.29) is 5.56 Å². The fraction of sp³-hybridized carbons (Fsp3) is 0.111. The van der Waals surface area contributed by atoms with E-state index >= 15 is 0 Å². The number of hydrogen-bond donors (Lipinski definition) is 1. The van der Waals surface area contributed by atoms with Crippen LogP contribution in [0.2, 0.25) is 0 Å². The van der Waals surface area contributed by atoms with Gasteiger partial charge in [0.25, 0.3) is 0 Å². The molecule has 0 radical (unpaired) electrons. The SMILES string of the molecule is Cc1ccc(C(O)c2ccc(Br)cc2F)c2ccccc12. The maximum Gasteiger partial charge on any atom is 0.130 e.